The van der Waals surface area contributed by atoms with Gasteiger partial charge in [0.05, 0.1) is 6.04 Å². The molecule has 3 aromatic rings. The lowest BCUT2D eigenvalue weighted by Gasteiger charge is -2.17. The molecule has 0 spiro atoms. The van der Waals surface area contributed by atoms with Crippen molar-refractivity contribution in [1.82, 2.24) is 10.6 Å². The number of hydrogen-bond donors (Lipinski definition) is 5. The Kier molecular flexibility index (Phi) is 6.81. The highest BCUT2D eigenvalue weighted by atomic mass is 32.1. The number of hydrogen-bond acceptors (Lipinski definition) is 5. The summed E-state index contributed by atoms with van der Waals surface area (Å²) in [7, 11) is 0. The van der Waals surface area contributed by atoms with Crippen LogP contribution >= 0.6 is 11.3 Å². The molecule has 8 heteroatoms. The second kappa shape index (κ2) is 9.51. The molecule has 0 unspecified atom stereocenters. The van der Waals surface area contributed by atoms with E-state index < -0.39 is 12.1 Å². The average molecular weight is 424 g/mol. The first-order valence-electron chi connectivity index (χ1n) is 9.57. The summed E-state index contributed by atoms with van der Waals surface area (Å²) >= 11 is 1.62. The maximum Gasteiger partial charge on any atom is 0.242 e. The number of rotatable bonds is 8. The van der Waals surface area contributed by atoms with Gasteiger partial charge in [-0.25, -0.2) is 0 Å². The molecule has 2 atom stereocenters. The van der Waals surface area contributed by atoms with Gasteiger partial charge in [0.25, 0.3) is 0 Å². The lowest BCUT2D eigenvalue weighted by Crippen LogP contribution is -2.50. The van der Waals surface area contributed by atoms with Gasteiger partial charge in [0.2, 0.25) is 11.8 Å². The van der Waals surface area contributed by atoms with Crippen LogP contribution < -0.4 is 22.1 Å². The van der Waals surface area contributed by atoms with Crippen LogP contribution in [0.15, 0.2) is 53.9 Å². The van der Waals surface area contributed by atoms with Crippen molar-refractivity contribution in [3.8, 4) is 0 Å². The number of nitrogen functional groups attached to an aromatic ring is 1. The van der Waals surface area contributed by atoms with Crippen LogP contribution in [0.2, 0.25) is 0 Å². The summed E-state index contributed by atoms with van der Waals surface area (Å²) in [5.74, 6) is -0.667. The standard InChI is InChI=1S/C22H25N5O2S/c1-13(21(28)26-11-14-6-8-15(9-7-14)20(24)25)27-22(29)18(23)10-16-12-30-19-5-3-2-4-17(16)19/h2-9,12-13,18H,10-11,23H2,1H3,(H3,24,25)(H,26,28)(H,27,29)/t13-,18+/m0/s1. The van der Waals surface area contributed by atoms with Gasteiger partial charge in [0.15, 0.2) is 0 Å². The van der Waals surface area contributed by atoms with Gasteiger partial charge in [0, 0.05) is 16.8 Å². The van der Waals surface area contributed by atoms with Crippen LogP contribution in [0, 0.1) is 5.41 Å². The number of fused-ring (bicyclic) bond motifs is 1. The van der Waals surface area contributed by atoms with E-state index in [-0.39, 0.29) is 17.6 Å². The second-order valence-corrected chi connectivity index (χ2v) is 8.04. The van der Waals surface area contributed by atoms with Crippen molar-refractivity contribution in [2.75, 3.05) is 0 Å². The molecule has 0 bridgehead atoms. The first kappa shape index (κ1) is 21.5. The minimum Gasteiger partial charge on any atom is -0.384 e. The smallest absolute Gasteiger partial charge is 0.242 e. The summed E-state index contributed by atoms with van der Waals surface area (Å²) < 4.78 is 1.16. The molecule has 2 aromatic carbocycles. The van der Waals surface area contributed by atoms with Crippen molar-refractivity contribution < 1.29 is 9.59 Å². The predicted molar refractivity (Wildman–Crippen MR) is 120 cm³/mol. The third kappa shape index (κ3) is 5.22. The average Bonchev–Trinajstić information content (AvgIpc) is 3.15. The van der Waals surface area contributed by atoms with E-state index in [2.05, 4.69) is 10.6 Å². The molecule has 0 aliphatic heterocycles. The molecule has 3 rings (SSSR count). The maximum atomic E-state index is 12.5. The SMILES string of the molecule is C[C@H](NC(=O)[C@H](N)Cc1csc2ccccc12)C(=O)NCc1ccc(C(=N)N)cc1. The Balaban J connectivity index is 1.50. The number of carbonyl (C=O) groups is 2. The summed E-state index contributed by atoms with van der Waals surface area (Å²) in [6.45, 7) is 1.93. The van der Waals surface area contributed by atoms with Gasteiger partial charge in [-0.05, 0) is 41.3 Å². The fourth-order valence-electron chi connectivity index (χ4n) is 3.05. The van der Waals surface area contributed by atoms with Crippen molar-refractivity contribution in [3.05, 3.63) is 70.6 Å². The fourth-order valence-corrected chi connectivity index (χ4v) is 4.03. The molecule has 30 heavy (non-hydrogen) atoms. The quantitative estimate of drug-likeness (QED) is 0.279. The minimum atomic E-state index is -0.739. The predicted octanol–water partition coefficient (Wildman–Crippen LogP) is 1.88. The monoisotopic (exact) mass is 423 g/mol. The molecule has 0 saturated heterocycles. The van der Waals surface area contributed by atoms with Gasteiger partial charge >= 0.3 is 0 Å². The molecule has 7 nitrogen and oxygen atoms in total. The fraction of sp³-hybridized carbons (Fsp3) is 0.227. The number of amides is 2. The third-order valence-corrected chi connectivity index (χ3v) is 5.83. The van der Waals surface area contributed by atoms with Gasteiger partial charge in [-0.2, -0.15) is 0 Å². The van der Waals surface area contributed by atoms with Crippen LogP contribution in [-0.2, 0) is 22.6 Å². The Morgan fingerprint density at radius 1 is 1.10 bits per heavy atom. The molecule has 1 heterocycles. The maximum absolute atomic E-state index is 12.5. The zero-order valence-electron chi connectivity index (χ0n) is 16.6. The molecule has 0 aliphatic carbocycles. The Bertz CT molecular complexity index is 1060. The highest BCUT2D eigenvalue weighted by molar-refractivity contribution is 7.17. The van der Waals surface area contributed by atoms with Crippen LogP contribution in [0.5, 0.6) is 0 Å². The number of nitrogens with two attached hydrogens (primary N) is 2. The Labute approximate surface area is 179 Å². The molecular weight excluding hydrogens is 398 g/mol. The molecule has 7 N–H and O–H groups in total. The van der Waals surface area contributed by atoms with Gasteiger partial charge in [-0.3, -0.25) is 15.0 Å². The number of benzene rings is 2. The summed E-state index contributed by atoms with van der Waals surface area (Å²) in [5.41, 5.74) is 14.0. The van der Waals surface area contributed by atoms with Crippen molar-refractivity contribution in [2.24, 2.45) is 11.5 Å². The van der Waals surface area contributed by atoms with Gasteiger partial charge in [-0.1, -0.05) is 42.5 Å². The van der Waals surface area contributed by atoms with E-state index in [1.807, 2.05) is 29.6 Å². The first-order chi connectivity index (χ1) is 14.3. The zero-order chi connectivity index (χ0) is 21.7. The van der Waals surface area contributed by atoms with Crippen LogP contribution in [-0.4, -0.2) is 29.7 Å². The Hall–Kier alpha value is -3.23. The molecule has 0 fully saturated rings. The van der Waals surface area contributed by atoms with E-state index in [9.17, 15) is 9.59 Å². The molecular formula is C22H25N5O2S. The molecule has 0 radical (unpaired) electrons. The van der Waals surface area contributed by atoms with Crippen molar-refractivity contribution >= 4 is 39.1 Å². The van der Waals surface area contributed by atoms with Gasteiger partial charge < -0.3 is 22.1 Å². The van der Waals surface area contributed by atoms with E-state index in [4.69, 9.17) is 16.9 Å². The number of carbonyl (C=O) groups excluding carboxylic acids is 2. The molecule has 156 valence electrons. The second-order valence-electron chi connectivity index (χ2n) is 7.13. The van der Waals surface area contributed by atoms with Crippen LogP contribution in [0.25, 0.3) is 10.1 Å². The Morgan fingerprint density at radius 3 is 2.50 bits per heavy atom. The van der Waals surface area contributed by atoms with E-state index in [0.717, 1.165) is 21.2 Å². The topological polar surface area (TPSA) is 134 Å². The molecule has 1 aromatic heterocycles. The third-order valence-electron chi connectivity index (χ3n) is 4.82. The highest BCUT2D eigenvalue weighted by Crippen LogP contribution is 2.26. The number of amidine groups is 1. The van der Waals surface area contributed by atoms with Crippen LogP contribution in [0.3, 0.4) is 0 Å². The lowest BCUT2D eigenvalue weighted by molar-refractivity contribution is -0.129. The summed E-state index contributed by atoms with van der Waals surface area (Å²) in [6.07, 6.45) is 0.409. The van der Waals surface area contributed by atoms with E-state index >= 15 is 0 Å². The van der Waals surface area contributed by atoms with E-state index in [0.29, 0.717) is 18.5 Å². The van der Waals surface area contributed by atoms with E-state index in [1.54, 1.807) is 42.5 Å². The zero-order valence-corrected chi connectivity index (χ0v) is 17.5. The summed E-state index contributed by atoms with van der Waals surface area (Å²) in [6, 6.07) is 13.6. The van der Waals surface area contributed by atoms with Gasteiger partial charge in [-0.15, -0.1) is 11.3 Å². The Morgan fingerprint density at radius 2 is 1.80 bits per heavy atom. The molecule has 0 saturated carbocycles. The molecule has 2 amide bonds. The number of nitrogens with one attached hydrogen (secondary N) is 3. The minimum absolute atomic E-state index is 0.00583. The number of thiophene rings is 1. The summed E-state index contributed by atoms with van der Waals surface area (Å²) in [4.78, 5) is 24.8. The van der Waals surface area contributed by atoms with Crippen LogP contribution in [0.1, 0.15) is 23.6 Å². The lowest BCUT2D eigenvalue weighted by atomic mass is 10.0. The van der Waals surface area contributed by atoms with Crippen molar-refractivity contribution in [1.29, 1.82) is 5.41 Å². The van der Waals surface area contributed by atoms with Gasteiger partial charge in [0.1, 0.15) is 11.9 Å². The van der Waals surface area contributed by atoms with Crippen molar-refractivity contribution in [3.63, 3.8) is 0 Å². The van der Waals surface area contributed by atoms with Crippen molar-refractivity contribution in [2.45, 2.75) is 32.0 Å². The normalized spacial score (nSPS) is 12.9. The van der Waals surface area contributed by atoms with E-state index in [1.165, 1.54) is 0 Å². The highest BCUT2D eigenvalue weighted by Gasteiger charge is 2.21. The largest absolute Gasteiger partial charge is 0.384 e. The molecule has 0 aliphatic rings. The first-order valence-corrected chi connectivity index (χ1v) is 10.4. The summed E-state index contributed by atoms with van der Waals surface area (Å²) in [5, 5.41) is 16.0. The van der Waals surface area contributed by atoms with Crippen LogP contribution in [0.4, 0.5) is 0 Å².